The van der Waals surface area contributed by atoms with Gasteiger partial charge < -0.3 is 14.4 Å². The molecule has 2 aromatic carbocycles. The maximum absolute atomic E-state index is 12.8. The molecule has 0 radical (unpaired) electrons. The van der Waals surface area contributed by atoms with Crippen LogP contribution in [0.15, 0.2) is 42.5 Å². The van der Waals surface area contributed by atoms with Crippen LogP contribution >= 0.6 is 0 Å². The molecule has 26 heavy (non-hydrogen) atoms. The molecule has 2 heterocycles. The van der Waals surface area contributed by atoms with E-state index in [1.807, 2.05) is 30.3 Å². The highest BCUT2D eigenvalue weighted by molar-refractivity contribution is 6.04. The van der Waals surface area contributed by atoms with E-state index < -0.39 is 6.04 Å². The lowest BCUT2D eigenvalue weighted by Gasteiger charge is -2.28. The number of fused-ring (bicyclic) bond motifs is 2. The van der Waals surface area contributed by atoms with Gasteiger partial charge in [-0.3, -0.25) is 9.69 Å². The van der Waals surface area contributed by atoms with Crippen LogP contribution in [0.3, 0.4) is 0 Å². The van der Waals surface area contributed by atoms with Gasteiger partial charge in [0.05, 0.1) is 20.8 Å². The van der Waals surface area contributed by atoms with Crippen LogP contribution in [0.5, 0.6) is 11.5 Å². The zero-order chi connectivity index (χ0) is 18.3. The van der Waals surface area contributed by atoms with Crippen molar-refractivity contribution in [2.45, 2.75) is 25.6 Å². The summed E-state index contributed by atoms with van der Waals surface area (Å²) in [4.78, 5) is 28.7. The summed E-state index contributed by atoms with van der Waals surface area (Å²) in [5.74, 6) is 1.05. The Labute approximate surface area is 151 Å². The maximum atomic E-state index is 12.8. The molecule has 6 heteroatoms. The predicted molar refractivity (Wildman–Crippen MR) is 95.0 cm³/mol. The molecule has 6 nitrogen and oxygen atoms in total. The van der Waals surface area contributed by atoms with E-state index in [2.05, 4.69) is 0 Å². The minimum atomic E-state index is -0.405. The minimum absolute atomic E-state index is 0.140. The van der Waals surface area contributed by atoms with E-state index in [1.165, 1.54) is 4.90 Å². The first-order chi connectivity index (χ1) is 12.6. The fourth-order valence-electron chi connectivity index (χ4n) is 3.68. The second-order valence-electron chi connectivity index (χ2n) is 6.51. The Morgan fingerprint density at radius 1 is 1.00 bits per heavy atom. The third-order valence-electron chi connectivity index (χ3n) is 5.06. The number of carbonyl (C=O) groups is 2. The Balaban J connectivity index is 1.58. The summed E-state index contributed by atoms with van der Waals surface area (Å²) >= 11 is 0. The first kappa shape index (κ1) is 16.4. The number of ether oxygens (including phenoxy) is 2. The van der Waals surface area contributed by atoms with Gasteiger partial charge in [-0.2, -0.15) is 0 Å². The molecule has 4 rings (SSSR count). The van der Waals surface area contributed by atoms with Crippen molar-refractivity contribution in [2.75, 3.05) is 14.2 Å². The van der Waals surface area contributed by atoms with E-state index in [-0.39, 0.29) is 18.5 Å². The van der Waals surface area contributed by atoms with Crippen molar-refractivity contribution in [3.05, 3.63) is 59.2 Å². The molecule has 0 spiro atoms. The van der Waals surface area contributed by atoms with Crippen molar-refractivity contribution in [2.24, 2.45) is 0 Å². The van der Waals surface area contributed by atoms with Gasteiger partial charge >= 0.3 is 6.03 Å². The molecule has 3 amide bonds. The lowest BCUT2D eigenvalue weighted by molar-refractivity contribution is -0.128. The first-order valence-corrected chi connectivity index (χ1v) is 8.52. The van der Waals surface area contributed by atoms with Crippen LogP contribution in [-0.2, 0) is 24.3 Å². The van der Waals surface area contributed by atoms with E-state index in [4.69, 9.17) is 9.47 Å². The molecule has 134 valence electrons. The summed E-state index contributed by atoms with van der Waals surface area (Å²) in [6.45, 7) is 0.704. The van der Waals surface area contributed by atoms with E-state index in [0.717, 1.165) is 16.7 Å². The normalized spacial score (nSPS) is 18.6. The Kier molecular flexibility index (Phi) is 4.03. The largest absolute Gasteiger partial charge is 0.493 e. The molecular formula is C20H20N2O4. The predicted octanol–water partition coefficient (Wildman–Crippen LogP) is 2.59. The molecule has 2 aliphatic rings. The Bertz CT molecular complexity index is 837. The monoisotopic (exact) mass is 352 g/mol. The van der Waals surface area contributed by atoms with Crippen LogP contribution in [-0.4, -0.2) is 42.0 Å². The standard InChI is InChI=1S/C20H20N2O4/c1-25-17-8-7-13(9-18(17)26-2)11-22-19(23)16-10-14-5-3-4-6-15(14)12-21(16)20(22)24/h3-9,16H,10-12H2,1-2H3/t16-/m0/s1. The van der Waals surface area contributed by atoms with Crippen LogP contribution in [0.25, 0.3) is 0 Å². The summed E-state index contributed by atoms with van der Waals surface area (Å²) in [7, 11) is 3.13. The molecule has 1 saturated heterocycles. The molecule has 2 aromatic rings. The average Bonchev–Trinajstić information content (AvgIpc) is 2.90. The van der Waals surface area contributed by atoms with Crippen molar-refractivity contribution < 1.29 is 19.1 Å². The fourth-order valence-corrected chi connectivity index (χ4v) is 3.68. The molecule has 0 unspecified atom stereocenters. The molecular weight excluding hydrogens is 332 g/mol. The van der Waals surface area contributed by atoms with E-state index in [0.29, 0.717) is 24.5 Å². The summed E-state index contributed by atoms with van der Waals surface area (Å²) in [6, 6.07) is 12.8. The number of hydrogen-bond acceptors (Lipinski definition) is 4. The number of nitrogens with zero attached hydrogens (tertiary/aromatic N) is 2. The number of rotatable bonds is 4. The topological polar surface area (TPSA) is 59.1 Å². The molecule has 0 bridgehead atoms. The lowest BCUT2D eigenvalue weighted by atomic mass is 9.95. The van der Waals surface area contributed by atoms with Gasteiger partial charge in [0.1, 0.15) is 6.04 Å². The van der Waals surface area contributed by atoms with Crippen molar-refractivity contribution >= 4 is 11.9 Å². The second-order valence-corrected chi connectivity index (χ2v) is 6.51. The van der Waals surface area contributed by atoms with Crippen molar-refractivity contribution in [1.82, 2.24) is 9.80 Å². The van der Waals surface area contributed by atoms with Gasteiger partial charge in [0.15, 0.2) is 11.5 Å². The third-order valence-corrected chi connectivity index (χ3v) is 5.06. The Morgan fingerprint density at radius 2 is 1.73 bits per heavy atom. The van der Waals surface area contributed by atoms with Gasteiger partial charge in [0.25, 0.3) is 5.91 Å². The zero-order valence-corrected chi connectivity index (χ0v) is 14.8. The van der Waals surface area contributed by atoms with Gasteiger partial charge in [-0.25, -0.2) is 4.79 Å². The maximum Gasteiger partial charge on any atom is 0.328 e. The highest BCUT2D eigenvalue weighted by Crippen LogP contribution is 2.32. The summed E-state index contributed by atoms with van der Waals surface area (Å²) in [5, 5.41) is 0. The van der Waals surface area contributed by atoms with E-state index in [9.17, 15) is 9.59 Å². The van der Waals surface area contributed by atoms with E-state index >= 15 is 0 Å². The van der Waals surface area contributed by atoms with E-state index in [1.54, 1.807) is 31.3 Å². The van der Waals surface area contributed by atoms with Gasteiger partial charge in [0, 0.05) is 13.0 Å². The summed E-state index contributed by atoms with van der Waals surface area (Å²) in [5.41, 5.74) is 3.07. The fraction of sp³-hybridized carbons (Fsp3) is 0.300. The number of amides is 3. The third kappa shape index (κ3) is 2.58. The van der Waals surface area contributed by atoms with Crippen molar-refractivity contribution in [1.29, 1.82) is 0 Å². The number of benzene rings is 2. The molecule has 0 aliphatic carbocycles. The summed E-state index contributed by atoms with van der Waals surface area (Å²) < 4.78 is 10.5. The molecule has 0 N–H and O–H groups in total. The number of urea groups is 1. The van der Waals surface area contributed by atoms with Crippen LogP contribution in [0, 0.1) is 0 Å². The van der Waals surface area contributed by atoms with Crippen LogP contribution < -0.4 is 9.47 Å². The molecule has 2 aliphatic heterocycles. The SMILES string of the molecule is COc1ccc(CN2C(=O)[C@@H]3Cc4ccccc4CN3C2=O)cc1OC. The van der Waals surface area contributed by atoms with Crippen LogP contribution in [0.1, 0.15) is 16.7 Å². The number of imide groups is 1. The minimum Gasteiger partial charge on any atom is -0.493 e. The Morgan fingerprint density at radius 3 is 2.46 bits per heavy atom. The molecule has 1 atom stereocenters. The zero-order valence-electron chi connectivity index (χ0n) is 14.8. The quantitative estimate of drug-likeness (QED) is 0.794. The first-order valence-electron chi connectivity index (χ1n) is 8.52. The molecule has 0 aromatic heterocycles. The van der Waals surface area contributed by atoms with Crippen molar-refractivity contribution in [3.63, 3.8) is 0 Å². The van der Waals surface area contributed by atoms with Gasteiger partial charge in [-0.05, 0) is 28.8 Å². The smallest absolute Gasteiger partial charge is 0.328 e. The lowest BCUT2D eigenvalue weighted by Crippen LogP contribution is -2.39. The highest BCUT2D eigenvalue weighted by Gasteiger charge is 2.46. The molecule has 0 saturated carbocycles. The van der Waals surface area contributed by atoms with Crippen LogP contribution in [0.2, 0.25) is 0 Å². The number of hydrogen-bond donors (Lipinski definition) is 0. The molecule has 1 fully saturated rings. The number of carbonyl (C=O) groups excluding carboxylic acids is 2. The highest BCUT2D eigenvalue weighted by atomic mass is 16.5. The number of methoxy groups -OCH3 is 2. The van der Waals surface area contributed by atoms with Gasteiger partial charge in [0.2, 0.25) is 0 Å². The average molecular weight is 352 g/mol. The van der Waals surface area contributed by atoms with Crippen LogP contribution in [0.4, 0.5) is 4.79 Å². The second kappa shape index (κ2) is 6.37. The summed E-state index contributed by atoms with van der Waals surface area (Å²) in [6.07, 6.45) is 0.573. The van der Waals surface area contributed by atoms with Crippen molar-refractivity contribution in [3.8, 4) is 11.5 Å². The Hall–Kier alpha value is -3.02. The van der Waals surface area contributed by atoms with Gasteiger partial charge in [-0.15, -0.1) is 0 Å². The van der Waals surface area contributed by atoms with Gasteiger partial charge in [-0.1, -0.05) is 30.3 Å².